The summed E-state index contributed by atoms with van der Waals surface area (Å²) in [5, 5.41) is 7.60. The lowest BCUT2D eigenvalue weighted by Crippen LogP contribution is -1.92. The minimum absolute atomic E-state index is 0.303. The molecule has 0 rings (SSSR count). The minimum atomic E-state index is -0.981. The molecule has 0 bridgehead atoms. The number of esters is 1. The maximum atomic E-state index is 10.1. The topological polar surface area (TPSA) is 63.6 Å². The van der Waals surface area contributed by atoms with Gasteiger partial charge in [0.25, 0.3) is 0 Å². The van der Waals surface area contributed by atoms with Gasteiger partial charge in [0.2, 0.25) is 0 Å². The number of aliphatic carboxylic acids is 1. The highest BCUT2D eigenvalue weighted by Crippen LogP contribution is 1.73. The number of ether oxygens (including phenoxy) is 1. The van der Waals surface area contributed by atoms with Crippen molar-refractivity contribution >= 4 is 11.9 Å². The van der Waals surface area contributed by atoms with Crippen LogP contribution in [0.25, 0.3) is 0 Å². The summed E-state index contributed by atoms with van der Waals surface area (Å²) in [6, 6.07) is 0. The number of carboxylic acids is 1. The van der Waals surface area contributed by atoms with Crippen molar-refractivity contribution in [3.63, 3.8) is 0 Å². The van der Waals surface area contributed by atoms with Gasteiger partial charge in [-0.2, -0.15) is 0 Å². The van der Waals surface area contributed by atoms with Gasteiger partial charge in [-0.05, 0) is 6.92 Å². The van der Waals surface area contributed by atoms with Crippen LogP contribution >= 0.6 is 0 Å². The molecule has 0 saturated heterocycles. The molecule has 0 aliphatic rings. The zero-order chi connectivity index (χ0) is 9.98. The molecule has 0 heterocycles. The van der Waals surface area contributed by atoms with Crippen LogP contribution in [-0.2, 0) is 14.3 Å². The molecule has 4 heteroatoms. The van der Waals surface area contributed by atoms with E-state index in [9.17, 15) is 9.59 Å². The number of methoxy groups -OCH3 is 1. The number of carbonyl (C=O) groups excluding carboxylic acids is 1. The first kappa shape index (κ1) is 13.0. The van der Waals surface area contributed by atoms with Crippen LogP contribution in [0.5, 0.6) is 0 Å². The monoisotopic (exact) mass is 172 g/mol. The third kappa shape index (κ3) is 15.8. The third-order valence-corrected chi connectivity index (χ3v) is 0.679. The zero-order valence-corrected chi connectivity index (χ0v) is 7.11. The van der Waals surface area contributed by atoms with E-state index in [4.69, 9.17) is 5.11 Å². The molecule has 0 aromatic heterocycles. The number of hydrogen-bond donors (Lipinski definition) is 1. The molecule has 0 aromatic carbocycles. The summed E-state index contributed by atoms with van der Waals surface area (Å²) in [5.41, 5.74) is 0. The normalized spacial score (nSPS) is 8.17. The van der Waals surface area contributed by atoms with Crippen LogP contribution in [0, 0.1) is 0 Å². The maximum Gasteiger partial charge on any atom is 0.330 e. The first-order chi connectivity index (χ1) is 5.58. The fourth-order valence-electron chi connectivity index (χ4n) is 0.204. The van der Waals surface area contributed by atoms with Crippen molar-refractivity contribution in [2.24, 2.45) is 0 Å². The fourth-order valence-corrected chi connectivity index (χ4v) is 0.204. The van der Waals surface area contributed by atoms with E-state index >= 15 is 0 Å². The summed E-state index contributed by atoms with van der Waals surface area (Å²) in [7, 11) is 1.35. The average Bonchev–Trinajstić information content (AvgIpc) is 2.06. The highest BCUT2D eigenvalue weighted by atomic mass is 16.5. The van der Waals surface area contributed by atoms with Crippen molar-refractivity contribution < 1.29 is 19.4 Å². The van der Waals surface area contributed by atoms with Crippen molar-refractivity contribution in [1.82, 2.24) is 0 Å². The van der Waals surface area contributed by atoms with E-state index < -0.39 is 5.97 Å². The molecule has 0 fully saturated rings. The van der Waals surface area contributed by atoms with Crippen LogP contribution in [0.2, 0.25) is 0 Å². The Labute approximate surface area is 71.2 Å². The molecule has 12 heavy (non-hydrogen) atoms. The quantitative estimate of drug-likeness (QED) is 0.498. The van der Waals surface area contributed by atoms with Crippen LogP contribution in [0.4, 0.5) is 0 Å². The van der Waals surface area contributed by atoms with Crippen molar-refractivity contribution in [3.8, 4) is 0 Å². The molecule has 4 nitrogen and oxygen atoms in total. The lowest BCUT2D eigenvalue weighted by molar-refractivity contribution is -0.135. The number of hydrogen-bond acceptors (Lipinski definition) is 3. The predicted molar refractivity (Wildman–Crippen MR) is 44.7 cm³/mol. The predicted octanol–water partition coefficient (Wildman–Crippen LogP) is 0.992. The van der Waals surface area contributed by atoms with Crippen molar-refractivity contribution in [2.45, 2.75) is 6.92 Å². The van der Waals surface area contributed by atoms with Crippen LogP contribution in [0.15, 0.2) is 24.8 Å². The zero-order valence-electron chi connectivity index (χ0n) is 7.11. The molecule has 0 aliphatic heterocycles. The second kappa shape index (κ2) is 9.42. The Hall–Kier alpha value is -1.58. The number of allylic oxidation sites excluding steroid dienone is 1. The molecule has 0 spiro atoms. The smallest absolute Gasteiger partial charge is 0.330 e. The Bertz CT molecular complexity index is 181. The summed E-state index contributed by atoms with van der Waals surface area (Å²) in [5.74, 6) is -1.28. The first-order valence-corrected chi connectivity index (χ1v) is 3.14. The molecular formula is C8H12O4. The Morgan fingerprint density at radius 1 is 1.50 bits per heavy atom. The van der Waals surface area contributed by atoms with Gasteiger partial charge in [0.05, 0.1) is 7.11 Å². The molecule has 0 aromatic rings. The van der Waals surface area contributed by atoms with Gasteiger partial charge >= 0.3 is 11.9 Å². The van der Waals surface area contributed by atoms with E-state index in [1.54, 1.807) is 13.0 Å². The molecule has 0 aliphatic carbocycles. The molecule has 0 atom stereocenters. The van der Waals surface area contributed by atoms with Crippen molar-refractivity contribution in [3.05, 3.63) is 24.8 Å². The first-order valence-electron chi connectivity index (χ1n) is 3.14. The van der Waals surface area contributed by atoms with Crippen LogP contribution < -0.4 is 0 Å². The highest BCUT2D eigenvalue weighted by Gasteiger charge is 1.84. The van der Waals surface area contributed by atoms with Crippen LogP contribution in [-0.4, -0.2) is 24.2 Å². The van der Waals surface area contributed by atoms with Gasteiger partial charge in [-0.3, -0.25) is 0 Å². The molecule has 68 valence electrons. The van der Waals surface area contributed by atoms with Gasteiger partial charge in [0.1, 0.15) is 0 Å². The van der Waals surface area contributed by atoms with Gasteiger partial charge < -0.3 is 9.84 Å². The molecule has 0 radical (unpaired) electrons. The minimum Gasteiger partial charge on any atom is -0.478 e. The van der Waals surface area contributed by atoms with Crippen LogP contribution in [0.3, 0.4) is 0 Å². The summed E-state index contributed by atoms with van der Waals surface area (Å²) < 4.78 is 4.26. The largest absolute Gasteiger partial charge is 0.478 e. The van der Waals surface area contributed by atoms with E-state index in [0.29, 0.717) is 0 Å². The van der Waals surface area contributed by atoms with E-state index in [1.807, 2.05) is 0 Å². The molecule has 0 saturated carbocycles. The second-order valence-electron chi connectivity index (χ2n) is 1.57. The Balaban J connectivity index is 0. The highest BCUT2D eigenvalue weighted by molar-refractivity contribution is 5.81. The standard InChI is InChI=1S/C5H8O2.C3H4O2/c1-3-4-5(6)7-2;1-2-3(4)5/h3-4H,1-2H3;2H,1H2,(H,4,5)/b4-3+;. The molecular weight excluding hydrogens is 160 g/mol. The number of carboxylic acid groups (broad SMARTS) is 1. The fraction of sp³-hybridized carbons (Fsp3) is 0.250. The summed E-state index contributed by atoms with van der Waals surface area (Å²) in [4.78, 5) is 19.4. The van der Waals surface area contributed by atoms with Gasteiger partial charge in [-0.15, -0.1) is 0 Å². The summed E-state index contributed by atoms with van der Waals surface area (Å²) >= 11 is 0. The van der Waals surface area contributed by atoms with Gasteiger partial charge in [-0.25, -0.2) is 9.59 Å². The van der Waals surface area contributed by atoms with Crippen molar-refractivity contribution in [1.29, 1.82) is 0 Å². The lowest BCUT2D eigenvalue weighted by atomic mass is 10.5. The van der Waals surface area contributed by atoms with Gasteiger partial charge in [0.15, 0.2) is 0 Å². The maximum absolute atomic E-state index is 10.1. The molecule has 1 N–H and O–H groups in total. The lowest BCUT2D eigenvalue weighted by Gasteiger charge is -1.84. The van der Waals surface area contributed by atoms with E-state index in [-0.39, 0.29) is 5.97 Å². The molecule has 0 amide bonds. The van der Waals surface area contributed by atoms with Gasteiger partial charge in [-0.1, -0.05) is 12.7 Å². The molecule has 0 unspecified atom stereocenters. The Kier molecular flexibility index (Phi) is 10.2. The second-order valence-corrected chi connectivity index (χ2v) is 1.57. The van der Waals surface area contributed by atoms with E-state index in [1.165, 1.54) is 13.2 Å². The number of carbonyl (C=O) groups is 2. The summed E-state index contributed by atoms with van der Waals surface area (Å²) in [6.07, 6.45) is 3.83. The van der Waals surface area contributed by atoms with E-state index in [0.717, 1.165) is 6.08 Å². The Morgan fingerprint density at radius 2 is 1.92 bits per heavy atom. The average molecular weight is 172 g/mol. The SMILES string of the molecule is C/C=C/C(=O)OC.C=CC(=O)O. The van der Waals surface area contributed by atoms with Gasteiger partial charge in [0, 0.05) is 12.2 Å². The van der Waals surface area contributed by atoms with Crippen LogP contribution in [0.1, 0.15) is 6.92 Å². The third-order valence-electron chi connectivity index (χ3n) is 0.679. The number of rotatable bonds is 2. The Morgan fingerprint density at radius 3 is 2.00 bits per heavy atom. The van der Waals surface area contributed by atoms with E-state index in [2.05, 4.69) is 11.3 Å². The summed E-state index contributed by atoms with van der Waals surface area (Å²) in [6.45, 7) is 4.72. The van der Waals surface area contributed by atoms with Crippen molar-refractivity contribution in [2.75, 3.05) is 7.11 Å².